The second kappa shape index (κ2) is 4.54. The van der Waals surface area contributed by atoms with Crippen LogP contribution in [-0.2, 0) is 15.1 Å². The largest absolute Gasteiger partial charge is 0.481 e. The monoisotopic (exact) mass is 223 g/mol. The highest BCUT2D eigenvalue weighted by Gasteiger charge is 2.40. The molecule has 0 aromatic carbocycles. The summed E-state index contributed by atoms with van der Waals surface area (Å²) in [6.45, 7) is 1.60. The van der Waals surface area contributed by atoms with Crippen LogP contribution in [-0.4, -0.2) is 40.7 Å². The Morgan fingerprint density at radius 1 is 1.56 bits per heavy atom. The van der Waals surface area contributed by atoms with Gasteiger partial charge in [0.25, 0.3) is 0 Å². The number of nitrogens with one attached hydrogen (secondary N) is 1. The molecule has 1 unspecified atom stereocenters. The lowest BCUT2D eigenvalue weighted by Crippen LogP contribution is -2.49. The lowest BCUT2D eigenvalue weighted by Gasteiger charge is -2.34. The number of carboxylic acid groups (broad SMARTS) is 1. The van der Waals surface area contributed by atoms with Crippen LogP contribution in [0.5, 0.6) is 0 Å². The van der Waals surface area contributed by atoms with Gasteiger partial charge in [-0.15, -0.1) is 0 Å². The van der Waals surface area contributed by atoms with Crippen LogP contribution in [0.4, 0.5) is 0 Å². The Morgan fingerprint density at radius 2 is 2.31 bits per heavy atom. The maximum absolute atomic E-state index is 10.9. The number of hydrogen-bond acceptors (Lipinski definition) is 5. The molecule has 1 aliphatic rings. The van der Waals surface area contributed by atoms with E-state index in [2.05, 4.69) is 15.3 Å². The van der Waals surface area contributed by atoms with Crippen LogP contribution >= 0.6 is 0 Å². The zero-order chi connectivity index (χ0) is 11.4. The number of aliphatic carboxylic acids is 1. The normalized spacial score (nSPS) is 25.2. The highest BCUT2D eigenvalue weighted by Crippen LogP contribution is 2.27. The Labute approximate surface area is 92.7 Å². The minimum atomic E-state index is -0.939. The Hall–Kier alpha value is -1.53. The molecule has 6 nitrogen and oxygen atoms in total. The fourth-order valence-corrected chi connectivity index (χ4v) is 1.77. The molecule has 1 aromatic heterocycles. The summed E-state index contributed by atoms with van der Waals surface area (Å²) >= 11 is 0. The summed E-state index contributed by atoms with van der Waals surface area (Å²) in [6.07, 6.45) is 3.04. The van der Waals surface area contributed by atoms with Crippen molar-refractivity contribution in [1.29, 1.82) is 0 Å². The molecule has 0 saturated carbocycles. The third kappa shape index (κ3) is 2.17. The van der Waals surface area contributed by atoms with E-state index in [-0.39, 0.29) is 6.42 Å². The molecule has 1 aromatic rings. The highest BCUT2D eigenvalue weighted by atomic mass is 16.5. The Balaban J connectivity index is 2.29. The second-order valence-electron chi connectivity index (χ2n) is 3.66. The smallest absolute Gasteiger partial charge is 0.306 e. The predicted octanol–water partition coefficient (Wildman–Crippen LogP) is -0.234. The molecular formula is C10H13N3O3. The molecule has 0 aliphatic carbocycles. The molecule has 2 heterocycles. The number of ether oxygens (including phenoxy) is 1. The Kier molecular flexibility index (Phi) is 3.12. The highest BCUT2D eigenvalue weighted by molar-refractivity contribution is 5.68. The van der Waals surface area contributed by atoms with Gasteiger partial charge < -0.3 is 15.2 Å². The van der Waals surface area contributed by atoms with Crippen LogP contribution in [0.25, 0.3) is 0 Å². The van der Waals surface area contributed by atoms with Gasteiger partial charge in [0.05, 0.1) is 13.0 Å². The van der Waals surface area contributed by atoms with Gasteiger partial charge in [-0.25, -0.2) is 9.97 Å². The lowest BCUT2D eigenvalue weighted by atomic mass is 9.97. The van der Waals surface area contributed by atoms with Crippen molar-refractivity contribution in [1.82, 2.24) is 15.3 Å². The first-order chi connectivity index (χ1) is 7.73. The quantitative estimate of drug-likeness (QED) is 0.736. The molecule has 86 valence electrons. The number of aromatic nitrogens is 2. The minimum Gasteiger partial charge on any atom is -0.481 e. The van der Waals surface area contributed by atoms with E-state index in [9.17, 15) is 4.79 Å². The molecule has 2 rings (SSSR count). The molecule has 2 N–H and O–H groups in total. The summed E-state index contributed by atoms with van der Waals surface area (Å²) in [5, 5.41) is 12.0. The van der Waals surface area contributed by atoms with Gasteiger partial charge in [-0.1, -0.05) is 0 Å². The zero-order valence-electron chi connectivity index (χ0n) is 8.72. The van der Waals surface area contributed by atoms with Crippen molar-refractivity contribution in [3.8, 4) is 0 Å². The summed E-state index contributed by atoms with van der Waals surface area (Å²) in [5.41, 5.74) is -0.939. The summed E-state index contributed by atoms with van der Waals surface area (Å²) in [7, 11) is 0. The SMILES string of the molecule is O=C(O)CC1(c2ncccn2)CNCCO1. The topological polar surface area (TPSA) is 84.3 Å². The third-order valence-corrected chi connectivity index (χ3v) is 2.48. The average Bonchev–Trinajstić information content (AvgIpc) is 2.30. The molecule has 16 heavy (non-hydrogen) atoms. The molecule has 0 radical (unpaired) electrons. The molecule has 0 spiro atoms. The van der Waals surface area contributed by atoms with E-state index < -0.39 is 11.6 Å². The zero-order valence-corrected chi connectivity index (χ0v) is 8.72. The first-order valence-corrected chi connectivity index (χ1v) is 5.07. The molecule has 6 heteroatoms. The van der Waals surface area contributed by atoms with E-state index in [0.717, 1.165) is 0 Å². The van der Waals surface area contributed by atoms with Gasteiger partial charge in [0, 0.05) is 25.5 Å². The maximum Gasteiger partial charge on any atom is 0.306 e. The van der Waals surface area contributed by atoms with E-state index in [4.69, 9.17) is 9.84 Å². The van der Waals surface area contributed by atoms with E-state index in [1.165, 1.54) is 0 Å². The molecule has 1 atom stereocenters. The number of hydrogen-bond donors (Lipinski definition) is 2. The van der Waals surface area contributed by atoms with Gasteiger partial charge in [0.15, 0.2) is 11.4 Å². The van der Waals surface area contributed by atoms with Crippen molar-refractivity contribution in [2.45, 2.75) is 12.0 Å². The molecule has 1 aliphatic heterocycles. The summed E-state index contributed by atoms with van der Waals surface area (Å²) in [4.78, 5) is 19.1. The molecular weight excluding hydrogens is 210 g/mol. The van der Waals surface area contributed by atoms with Crippen LogP contribution < -0.4 is 5.32 Å². The number of morpholine rings is 1. The van der Waals surface area contributed by atoms with Gasteiger partial charge in [0.2, 0.25) is 0 Å². The summed E-state index contributed by atoms with van der Waals surface area (Å²) in [6, 6.07) is 1.69. The number of rotatable bonds is 3. The van der Waals surface area contributed by atoms with E-state index in [1.807, 2.05) is 0 Å². The molecule has 1 saturated heterocycles. The van der Waals surface area contributed by atoms with Crippen LogP contribution in [0.3, 0.4) is 0 Å². The standard InChI is InChI=1S/C10H13N3O3/c14-8(15)6-10(7-11-4-5-16-10)9-12-2-1-3-13-9/h1-3,11H,4-7H2,(H,14,15). The summed E-state index contributed by atoms with van der Waals surface area (Å²) < 4.78 is 5.59. The predicted molar refractivity (Wildman–Crippen MR) is 54.8 cm³/mol. The fraction of sp³-hybridized carbons (Fsp3) is 0.500. The van der Waals surface area contributed by atoms with Crippen molar-refractivity contribution < 1.29 is 14.6 Å². The maximum atomic E-state index is 10.9. The number of carboxylic acids is 1. The second-order valence-corrected chi connectivity index (χ2v) is 3.66. The van der Waals surface area contributed by atoms with Gasteiger partial charge >= 0.3 is 5.97 Å². The van der Waals surface area contributed by atoms with E-state index in [1.54, 1.807) is 18.5 Å². The van der Waals surface area contributed by atoms with Gasteiger partial charge in [0.1, 0.15) is 0 Å². The molecule has 0 bridgehead atoms. The van der Waals surface area contributed by atoms with Crippen LogP contribution in [0.1, 0.15) is 12.2 Å². The Bertz CT molecular complexity index is 363. The van der Waals surface area contributed by atoms with Crippen LogP contribution in [0, 0.1) is 0 Å². The third-order valence-electron chi connectivity index (χ3n) is 2.48. The van der Waals surface area contributed by atoms with Gasteiger partial charge in [-0.2, -0.15) is 0 Å². The average molecular weight is 223 g/mol. The summed E-state index contributed by atoms with van der Waals surface area (Å²) in [5.74, 6) is -0.499. The van der Waals surface area contributed by atoms with Crippen molar-refractivity contribution in [2.24, 2.45) is 0 Å². The fourth-order valence-electron chi connectivity index (χ4n) is 1.77. The number of carbonyl (C=O) groups is 1. The number of nitrogens with zero attached hydrogens (tertiary/aromatic N) is 2. The van der Waals surface area contributed by atoms with Crippen molar-refractivity contribution in [2.75, 3.05) is 19.7 Å². The van der Waals surface area contributed by atoms with E-state index in [0.29, 0.717) is 25.5 Å². The van der Waals surface area contributed by atoms with Crippen LogP contribution in [0.15, 0.2) is 18.5 Å². The first kappa shape index (κ1) is 11.0. The van der Waals surface area contributed by atoms with E-state index >= 15 is 0 Å². The van der Waals surface area contributed by atoms with Crippen molar-refractivity contribution in [3.63, 3.8) is 0 Å². The Morgan fingerprint density at radius 3 is 2.88 bits per heavy atom. The van der Waals surface area contributed by atoms with Gasteiger partial charge in [-0.05, 0) is 6.07 Å². The van der Waals surface area contributed by atoms with Gasteiger partial charge in [-0.3, -0.25) is 4.79 Å². The molecule has 1 fully saturated rings. The first-order valence-electron chi connectivity index (χ1n) is 5.07. The lowest BCUT2D eigenvalue weighted by molar-refractivity contribution is -0.149. The molecule has 0 amide bonds. The van der Waals surface area contributed by atoms with Crippen molar-refractivity contribution in [3.05, 3.63) is 24.3 Å². The van der Waals surface area contributed by atoms with Crippen LogP contribution in [0.2, 0.25) is 0 Å². The van der Waals surface area contributed by atoms with Crippen molar-refractivity contribution >= 4 is 5.97 Å². The minimum absolute atomic E-state index is 0.135.